The number of unbranched alkanes of at least 4 members (excludes halogenated alkanes) is 1. The van der Waals surface area contributed by atoms with Crippen LogP contribution in [-0.4, -0.2) is 29.8 Å². The van der Waals surface area contributed by atoms with Crippen LogP contribution in [0, 0.1) is 11.8 Å². The van der Waals surface area contributed by atoms with Gasteiger partial charge in [-0.25, -0.2) is 4.98 Å². The highest BCUT2D eigenvalue weighted by atomic mass is 79.9. The number of carbonyl (C=O) groups excluding carboxylic acids is 1. The second-order valence-electron chi connectivity index (χ2n) is 7.93. The standard InChI is InChI=1S/C25H34BrNO3/c1-5-12-21(19-24(28)30-25(2,3)4)13-9-7-6-8-10-17-29-18-11-14-23-16-15-22(26)20-27-23/h6,8,13,15-16,20H,5,7,9-10,12,17-19H2,1-4H3/b8-6+,21-13+. The summed E-state index contributed by atoms with van der Waals surface area (Å²) in [7, 11) is 0. The summed E-state index contributed by atoms with van der Waals surface area (Å²) in [4.78, 5) is 16.2. The van der Waals surface area contributed by atoms with E-state index >= 15 is 0 Å². The van der Waals surface area contributed by atoms with Crippen LogP contribution in [0.5, 0.6) is 0 Å². The number of hydrogen-bond donors (Lipinski definition) is 0. The van der Waals surface area contributed by atoms with Gasteiger partial charge in [0.05, 0.1) is 13.0 Å². The predicted molar refractivity (Wildman–Crippen MR) is 126 cm³/mol. The molecule has 1 rings (SSSR count). The maximum absolute atomic E-state index is 12.0. The van der Waals surface area contributed by atoms with Crippen LogP contribution in [0.2, 0.25) is 0 Å². The van der Waals surface area contributed by atoms with Crippen LogP contribution in [-0.2, 0) is 14.3 Å². The van der Waals surface area contributed by atoms with Crippen molar-refractivity contribution in [1.82, 2.24) is 4.98 Å². The molecule has 1 heterocycles. The SMILES string of the molecule is CCC/C(=C\CC/C=C/CCOCC#Cc1ccc(Br)cn1)CC(=O)OC(C)(C)C. The molecule has 0 aliphatic heterocycles. The monoisotopic (exact) mass is 475 g/mol. The van der Waals surface area contributed by atoms with Gasteiger partial charge >= 0.3 is 5.97 Å². The third kappa shape index (κ3) is 14.1. The Morgan fingerprint density at radius 1 is 1.20 bits per heavy atom. The first-order valence-electron chi connectivity index (χ1n) is 10.5. The fourth-order valence-electron chi connectivity index (χ4n) is 2.62. The van der Waals surface area contributed by atoms with Crippen LogP contribution in [0.3, 0.4) is 0 Å². The maximum atomic E-state index is 12.0. The Bertz CT molecular complexity index is 749. The Morgan fingerprint density at radius 3 is 2.63 bits per heavy atom. The summed E-state index contributed by atoms with van der Waals surface area (Å²) in [5.41, 5.74) is 1.48. The molecule has 4 nitrogen and oxygen atoms in total. The first-order valence-corrected chi connectivity index (χ1v) is 11.3. The summed E-state index contributed by atoms with van der Waals surface area (Å²) in [6, 6.07) is 3.79. The lowest BCUT2D eigenvalue weighted by molar-refractivity contribution is -0.153. The molecule has 0 spiro atoms. The molecule has 0 fully saturated rings. The minimum absolute atomic E-state index is 0.145. The van der Waals surface area contributed by atoms with E-state index < -0.39 is 5.60 Å². The zero-order valence-corrected chi connectivity index (χ0v) is 20.3. The summed E-state index contributed by atoms with van der Waals surface area (Å²) in [5, 5.41) is 0. The van der Waals surface area contributed by atoms with Gasteiger partial charge in [0.1, 0.15) is 17.9 Å². The topological polar surface area (TPSA) is 48.4 Å². The fourth-order valence-corrected chi connectivity index (χ4v) is 2.85. The molecular weight excluding hydrogens is 442 g/mol. The van der Waals surface area contributed by atoms with Crippen LogP contribution >= 0.6 is 15.9 Å². The van der Waals surface area contributed by atoms with Crippen molar-refractivity contribution < 1.29 is 14.3 Å². The largest absolute Gasteiger partial charge is 0.460 e. The lowest BCUT2D eigenvalue weighted by atomic mass is 10.0. The molecule has 0 radical (unpaired) electrons. The van der Waals surface area contributed by atoms with E-state index in [-0.39, 0.29) is 5.97 Å². The van der Waals surface area contributed by atoms with Gasteiger partial charge in [-0.3, -0.25) is 4.79 Å². The average molecular weight is 476 g/mol. The number of pyridine rings is 1. The van der Waals surface area contributed by atoms with Crippen molar-refractivity contribution in [2.75, 3.05) is 13.2 Å². The molecule has 0 aliphatic rings. The van der Waals surface area contributed by atoms with Gasteiger partial charge in [0.2, 0.25) is 0 Å². The van der Waals surface area contributed by atoms with Crippen molar-refractivity contribution in [2.45, 2.75) is 71.8 Å². The Hall–Kier alpha value is -1.90. The van der Waals surface area contributed by atoms with E-state index in [4.69, 9.17) is 9.47 Å². The van der Waals surface area contributed by atoms with Crippen molar-refractivity contribution in [2.24, 2.45) is 0 Å². The quantitative estimate of drug-likeness (QED) is 0.161. The minimum Gasteiger partial charge on any atom is -0.460 e. The third-order valence-electron chi connectivity index (χ3n) is 3.84. The molecule has 1 aromatic rings. The number of carbonyl (C=O) groups is 1. The van der Waals surface area contributed by atoms with Gasteiger partial charge in [0.25, 0.3) is 0 Å². The lowest BCUT2D eigenvalue weighted by Gasteiger charge is -2.20. The molecule has 164 valence electrons. The number of hydrogen-bond acceptors (Lipinski definition) is 4. The molecule has 5 heteroatoms. The molecule has 0 bridgehead atoms. The van der Waals surface area contributed by atoms with Gasteiger partial charge in [0.15, 0.2) is 0 Å². The number of halogens is 1. The van der Waals surface area contributed by atoms with Crippen LogP contribution in [0.1, 0.15) is 71.9 Å². The lowest BCUT2D eigenvalue weighted by Crippen LogP contribution is -2.24. The van der Waals surface area contributed by atoms with Gasteiger partial charge in [-0.05, 0) is 80.4 Å². The number of allylic oxidation sites excluding steroid dienone is 2. The highest BCUT2D eigenvalue weighted by Crippen LogP contribution is 2.16. The van der Waals surface area contributed by atoms with E-state index in [1.807, 2.05) is 32.9 Å². The van der Waals surface area contributed by atoms with Crippen molar-refractivity contribution in [1.29, 1.82) is 0 Å². The number of esters is 1. The van der Waals surface area contributed by atoms with Gasteiger partial charge < -0.3 is 9.47 Å². The second-order valence-corrected chi connectivity index (χ2v) is 8.84. The average Bonchev–Trinajstić information content (AvgIpc) is 2.66. The Morgan fingerprint density at radius 2 is 1.97 bits per heavy atom. The summed E-state index contributed by atoms with van der Waals surface area (Å²) in [6.07, 6.45) is 13.3. The summed E-state index contributed by atoms with van der Waals surface area (Å²) >= 11 is 3.35. The van der Waals surface area contributed by atoms with Gasteiger partial charge in [0, 0.05) is 10.7 Å². The van der Waals surface area contributed by atoms with Crippen molar-refractivity contribution in [3.8, 4) is 11.8 Å². The predicted octanol–water partition coefficient (Wildman–Crippen LogP) is 6.40. The molecule has 0 atom stereocenters. The number of nitrogens with zero attached hydrogens (tertiary/aromatic N) is 1. The highest BCUT2D eigenvalue weighted by molar-refractivity contribution is 9.10. The van der Waals surface area contributed by atoms with Gasteiger partial charge in [-0.2, -0.15) is 0 Å². The Kier molecular flexibility index (Phi) is 13.1. The van der Waals surface area contributed by atoms with E-state index in [0.29, 0.717) is 19.6 Å². The molecule has 0 unspecified atom stereocenters. The number of ether oxygens (including phenoxy) is 2. The maximum Gasteiger partial charge on any atom is 0.310 e. The summed E-state index contributed by atoms with van der Waals surface area (Å²) in [5.74, 6) is 5.80. The van der Waals surface area contributed by atoms with Crippen LogP contribution < -0.4 is 0 Å². The second kappa shape index (κ2) is 15.0. The number of aromatic nitrogens is 1. The molecule has 0 aliphatic carbocycles. The summed E-state index contributed by atoms with van der Waals surface area (Å²) in [6.45, 7) is 8.87. The Balaban J connectivity index is 2.20. The zero-order valence-electron chi connectivity index (χ0n) is 18.7. The van der Waals surface area contributed by atoms with Crippen LogP contribution in [0.4, 0.5) is 0 Å². The number of rotatable bonds is 11. The first kappa shape index (κ1) is 26.1. The molecule has 0 aromatic carbocycles. The van der Waals surface area contributed by atoms with E-state index in [1.54, 1.807) is 6.20 Å². The Labute approximate surface area is 190 Å². The van der Waals surface area contributed by atoms with Crippen molar-refractivity contribution in [3.05, 3.63) is 52.3 Å². The molecule has 0 N–H and O–H groups in total. The van der Waals surface area contributed by atoms with E-state index in [2.05, 4.69) is 57.9 Å². The van der Waals surface area contributed by atoms with Crippen molar-refractivity contribution in [3.63, 3.8) is 0 Å². The molecular formula is C25H34BrNO3. The fraction of sp³-hybridized carbons (Fsp3) is 0.520. The van der Waals surface area contributed by atoms with Crippen LogP contribution in [0.15, 0.2) is 46.6 Å². The van der Waals surface area contributed by atoms with Crippen LogP contribution in [0.25, 0.3) is 0 Å². The molecule has 1 aromatic heterocycles. The minimum atomic E-state index is -0.430. The zero-order chi connectivity index (χ0) is 22.2. The van der Waals surface area contributed by atoms with E-state index in [1.165, 1.54) is 5.57 Å². The molecule has 0 saturated heterocycles. The van der Waals surface area contributed by atoms with Crippen molar-refractivity contribution >= 4 is 21.9 Å². The highest BCUT2D eigenvalue weighted by Gasteiger charge is 2.16. The molecule has 0 amide bonds. The van der Waals surface area contributed by atoms with Gasteiger partial charge in [-0.1, -0.05) is 43.1 Å². The van der Waals surface area contributed by atoms with Gasteiger partial charge in [-0.15, -0.1) is 0 Å². The van der Waals surface area contributed by atoms with E-state index in [0.717, 1.165) is 42.3 Å². The third-order valence-corrected chi connectivity index (χ3v) is 4.31. The molecule has 30 heavy (non-hydrogen) atoms. The van der Waals surface area contributed by atoms with E-state index in [9.17, 15) is 4.79 Å². The molecule has 0 saturated carbocycles. The normalized spacial score (nSPS) is 12.0. The smallest absolute Gasteiger partial charge is 0.310 e. The summed E-state index contributed by atoms with van der Waals surface area (Å²) < 4.78 is 11.9. The first-order chi connectivity index (χ1) is 14.3.